The maximum absolute atomic E-state index is 6.13. The summed E-state index contributed by atoms with van der Waals surface area (Å²) in [5, 5.41) is 0.764. The molecule has 2 aromatic rings. The molecule has 102 valence electrons. The number of rotatable bonds is 4. The third kappa shape index (κ3) is 3.05. The Labute approximate surface area is 124 Å². The van der Waals surface area contributed by atoms with E-state index in [1.54, 1.807) is 0 Å². The molecule has 0 radical (unpaired) electrons. The summed E-state index contributed by atoms with van der Waals surface area (Å²) in [7, 11) is 0. The molecule has 0 saturated heterocycles. The fourth-order valence-electron chi connectivity index (χ4n) is 2.53. The quantitative estimate of drug-likeness (QED) is 0.722. The van der Waals surface area contributed by atoms with Gasteiger partial charge < -0.3 is 4.74 Å². The van der Waals surface area contributed by atoms with Crippen molar-refractivity contribution in [3.63, 3.8) is 0 Å². The van der Waals surface area contributed by atoms with Crippen molar-refractivity contribution >= 4 is 17.2 Å². The van der Waals surface area contributed by atoms with Gasteiger partial charge in [0, 0.05) is 10.6 Å². The maximum Gasteiger partial charge on any atom is 0.127 e. The average Bonchev–Trinajstić information content (AvgIpc) is 3.01. The normalized spacial score (nSPS) is 14.2. The van der Waals surface area contributed by atoms with E-state index in [9.17, 15) is 0 Å². The summed E-state index contributed by atoms with van der Waals surface area (Å²) in [6, 6.07) is 16.1. The molecule has 1 nitrogen and oxygen atoms in total. The zero-order valence-corrected chi connectivity index (χ0v) is 12.1. The van der Waals surface area contributed by atoms with Crippen molar-refractivity contribution in [3.8, 4) is 5.75 Å². The van der Waals surface area contributed by atoms with Crippen LogP contribution in [0.4, 0.5) is 0 Å². The van der Waals surface area contributed by atoms with Crippen molar-refractivity contribution in [1.29, 1.82) is 0 Å². The first-order valence-electron chi connectivity index (χ1n) is 6.98. The highest BCUT2D eigenvalue weighted by Crippen LogP contribution is 2.35. The third-order valence-electron chi connectivity index (χ3n) is 3.57. The van der Waals surface area contributed by atoms with Gasteiger partial charge in [-0.15, -0.1) is 0 Å². The van der Waals surface area contributed by atoms with E-state index < -0.39 is 0 Å². The first kappa shape index (κ1) is 13.3. The Morgan fingerprint density at radius 2 is 1.90 bits per heavy atom. The van der Waals surface area contributed by atoms with Crippen molar-refractivity contribution < 1.29 is 4.74 Å². The number of hydrogen-bond acceptors (Lipinski definition) is 1. The molecule has 0 N–H and O–H groups in total. The van der Waals surface area contributed by atoms with Gasteiger partial charge in [-0.3, -0.25) is 0 Å². The highest BCUT2D eigenvalue weighted by Gasteiger charge is 2.13. The summed E-state index contributed by atoms with van der Waals surface area (Å²) in [5.41, 5.74) is 3.68. The van der Waals surface area contributed by atoms with Crippen molar-refractivity contribution in [2.24, 2.45) is 0 Å². The lowest BCUT2D eigenvalue weighted by Crippen LogP contribution is -1.98. The number of hydrogen-bond donors (Lipinski definition) is 0. The van der Waals surface area contributed by atoms with Crippen LogP contribution in [0.5, 0.6) is 5.75 Å². The highest BCUT2D eigenvalue weighted by molar-refractivity contribution is 6.30. The molecule has 0 unspecified atom stereocenters. The van der Waals surface area contributed by atoms with Crippen LogP contribution < -0.4 is 4.74 Å². The number of allylic oxidation sites excluding steroid dienone is 2. The van der Waals surface area contributed by atoms with Gasteiger partial charge in [-0.1, -0.05) is 48.0 Å². The van der Waals surface area contributed by atoms with E-state index in [0.717, 1.165) is 29.2 Å². The second-order valence-electron chi connectivity index (χ2n) is 5.04. The fraction of sp³-hybridized carbons (Fsp3) is 0.222. The van der Waals surface area contributed by atoms with Gasteiger partial charge in [-0.25, -0.2) is 0 Å². The van der Waals surface area contributed by atoms with Gasteiger partial charge in [0.25, 0.3) is 0 Å². The minimum atomic E-state index is 0.586. The van der Waals surface area contributed by atoms with Crippen molar-refractivity contribution in [2.75, 3.05) is 0 Å². The summed E-state index contributed by atoms with van der Waals surface area (Å²) in [6.45, 7) is 0.586. The molecule has 0 spiro atoms. The largest absolute Gasteiger partial charge is 0.488 e. The van der Waals surface area contributed by atoms with Crippen LogP contribution in [-0.2, 0) is 6.61 Å². The van der Waals surface area contributed by atoms with E-state index in [0.29, 0.717) is 6.61 Å². The van der Waals surface area contributed by atoms with Crippen molar-refractivity contribution in [2.45, 2.75) is 25.9 Å². The summed E-state index contributed by atoms with van der Waals surface area (Å²) < 4.78 is 5.99. The van der Waals surface area contributed by atoms with Gasteiger partial charge >= 0.3 is 0 Å². The van der Waals surface area contributed by atoms with Gasteiger partial charge in [0.1, 0.15) is 12.4 Å². The average molecular weight is 285 g/mol. The Morgan fingerprint density at radius 1 is 1.05 bits per heavy atom. The minimum Gasteiger partial charge on any atom is -0.488 e. The fourth-order valence-corrected chi connectivity index (χ4v) is 2.70. The van der Waals surface area contributed by atoms with Crippen LogP contribution in [0.25, 0.3) is 5.57 Å². The van der Waals surface area contributed by atoms with Gasteiger partial charge in [-0.2, -0.15) is 0 Å². The Balaban J connectivity index is 1.82. The van der Waals surface area contributed by atoms with Crippen LogP contribution in [-0.4, -0.2) is 0 Å². The monoisotopic (exact) mass is 284 g/mol. The lowest BCUT2D eigenvalue weighted by atomic mass is 10.0. The van der Waals surface area contributed by atoms with Gasteiger partial charge in [-0.05, 0) is 48.6 Å². The summed E-state index contributed by atoms with van der Waals surface area (Å²) in [6.07, 6.45) is 5.78. The number of ether oxygens (including phenoxy) is 1. The van der Waals surface area contributed by atoms with E-state index >= 15 is 0 Å². The van der Waals surface area contributed by atoms with Gasteiger partial charge in [0.2, 0.25) is 0 Å². The van der Waals surface area contributed by atoms with Crippen LogP contribution >= 0.6 is 11.6 Å². The lowest BCUT2D eigenvalue weighted by molar-refractivity contribution is 0.305. The molecule has 0 amide bonds. The van der Waals surface area contributed by atoms with Crippen LogP contribution in [0.2, 0.25) is 5.02 Å². The second-order valence-corrected chi connectivity index (χ2v) is 5.47. The first-order valence-corrected chi connectivity index (χ1v) is 7.36. The first-order chi connectivity index (χ1) is 9.83. The molecule has 3 rings (SSSR count). The van der Waals surface area contributed by atoms with Crippen LogP contribution in [0.1, 0.15) is 30.4 Å². The molecule has 0 fully saturated rings. The molecular weight excluding hydrogens is 268 g/mol. The SMILES string of the molecule is Clc1ccc(OCc2ccccc2)c(C2=CCCC2)c1. The summed E-state index contributed by atoms with van der Waals surface area (Å²) in [5.74, 6) is 0.923. The molecule has 0 bridgehead atoms. The van der Waals surface area contributed by atoms with Crippen LogP contribution in [0.3, 0.4) is 0 Å². The van der Waals surface area contributed by atoms with E-state index in [-0.39, 0.29) is 0 Å². The zero-order valence-electron chi connectivity index (χ0n) is 11.3. The predicted molar refractivity (Wildman–Crippen MR) is 84.1 cm³/mol. The highest BCUT2D eigenvalue weighted by atomic mass is 35.5. The molecule has 20 heavy (non-hydrogen) atoms. The molecule has 0 saturated carbocycles. The van der Waals surface area contributed by atoms with Crippen LogP contribution in [0, 0.1) is 0 Å². The molecule has 0 atom stereocenters. The molecule has 0 heterocycles. The van der Waals surface area contributed by atoms with E-state index in [1.807, 2.05) is 36.4 Å². The second kappa shape index (κ2) is 6.15. The topological polar surface area (TPSA) is 9.23 Å². The summed E-state index contributed by atoms with van der Waals surface area (Å²) in [4.78, 5) is 0. The summed E-state index contributed by atoms with van der Waals surface area (Å²) >= 11 is 6.13. The molecule has 2 heteroatoms. The lowest BCUT2D eigenvalue weighted by Gasteiger charge is -2.13. The van der Waals surface area contributed by atoms with Gasteiger partial charge in [0.15, 0.2) is 0 Å². The Hall–Kier alpha value is -1.73. The van der Waals surface area contributed by atoms with E-state index in [4.69, 9.17) is 16.3 Å². The smallest absolute Gasteiger partial charge is 0.127 e. The molecule has 0 aromatic heterocycles. The number of benzene rings is 2. The van der Waals surface area contributed by atoms with Crippen molar-refractivity contribution in [3.05, 3.63) is 70.8 Å². The van der Waals surface area contributed by atoms with E-state index in [1.165, 1.54) is 17.6 Å². The Bertz CT molecular complexity index is 617. The van der Waals surface area contributed by atoms with E-state index in [2.05, 4.69) is 18.2 Å². The molecular formula is C18H17ClO. The zero-order chi connectivity index (χ0) is 13.8. The Morgan fingerprint density at radius 3 is 2.65 bits per heavy atom. The molecule has 2 aromatic carbocycles. The molecule has 1 aliphatic carbocycles. The maximum atomic E-state index is 6.13. The molecule has 0 aliphatic heterocycles. The van der Waals surface area contributed by atoms with Crippen molar-refractivity contribution in [1.82, 2.24) is 0 Å². The Kier molecular flexibility index (Phi) is 4.08. The molecule has 1 aliphatic rings. The van der Waals surface area contributed by atoms with Gasteiger partial charge in [0.05, 0.1) is 0 Å². The van der Waals surface area contributed by atoms with Crippen LogP contribution in [0.15, 0.2) is 54.6 Å². The number of halogens is 1. The standard InChI is InChI=1S/C18H17ClO/c19-16-10-11-18(17(12-16)15-8-4-5-9-15)20-13-14-6-2-1-3-7-14/h1-3,6-8,10-12H,4-5,9,13H2. The predicted octanol–water partition coefficient (Wildman–Crippen LogP) is 5.49. The third-order valence-corrected chi connectivity index (χ3v) is 3.80. The minimum absolute atomic E-state index is 0.586.